The van der Waals surface area contributed by atoms with Crippen LogP contribution in [0, 0.1) is 15.9 Å². The highest BCUT2D eigenvalue weighted by atomic mass is 19.1. The van der Waals surface area contributed by atoms with Gasteiger partial charge in [-0.25, -0.2) is 4.39 Å². The van der Waals surface area contributed by atoms with Crippen LogP contribution in [0.2, 0.25) is 0 Å². The molecule has 0 saturated carbocycles. The van der Waals surface area contributed by atoms with E-state index in [0.29, 0.717) is 11.7 Å². The molecular formula is C15H22FN3O2. The van der Waals surface area contributed by atoms with Crippen molar-refractivity contribution < 1.29 is 9.31 Å². The van der Waals surface area contributed by atoms with Gasteiger partial charge >= 0.3 is 0 Å². The largest absolute Gasteiger partial charge is 0.368 e. The van der Waals surface area contributed by atoms with Crippen LogP contribution in [0.3, 0.4) is 0 Å². The molecule has 1 atom stereocenters. The van der Waals surface area contributed by atoms with Crippen molar-refractivity contribution in [3.63, 3.8) is 0 Å². The van der Waals surface area contributed by atoms with Gasteiger partial charge in [-0.05, 0) is 31.9 Å². The maximum atomic E-state index is 14.2. The average molecular weight is 295 g/mol. The quantitative estimate of drug-likeness (QED) is 0.620. The molecule has 0 aromatic heterocycles. The summed E-state index contributed by atoms with van der Waals surface area (Å²) >= 11 is 0. The smallest absolute Gasteiger partial charge is 0.272 e. The van der Waals surface area contributed by atoms with E-state index in [-0.39, 0.29) is 5.69 Å². The molecule has 1 saturated heterocycles. The number of unbranched alkanes of at least 4 members (excludes halogenated alkanes) is 1. The SMILES string of the molecule is CCCCN(CC1CCCN1)c1ccc([N+](=O)[O-])cc1F. The maximum Gasteiger partial charge on any atom is 0.272 e. The number of non-ortho nitro benzene ring substituents is 1. The molecule has 0 aliphatic carbocycles. The molecule has 1 unspecified atom stereocenters. The van der Waals surface area contributed by atoms with E-state index < -0.39 is 10.7 Å². The molecule has 1 aliphatic rings. The lowest BCUT2D eigenvalue weighted by Crippen LogP contribution is -2.38. The summed E-state index contributed by atoms with van der Waals surface area (Å²) in [5.41, 5.74) is 0.258. The second kappa shape index (κ2) is 7.36. The van der Waals surface area contributed by atoms with Crippen molar-refractivity contribution in [2.75, 3.05) is 24.5 Å². The van der Waals surface area contributed by atoms with Gasteiger partial charge in [0.15, 0.2) is 5.82 Å². The summed E-state index contributed by atoms with van der Waals surface area (Å²) in [5.74, 6) is -0.515. The monoisotopic (exact) mass is 295 g/mol. The molecule has 5 nitrogen and oxygen atoms in total. The lowest BCUT2D eigenvalue weighted by Gasteiger charge is -2.28. The fourth-order valence-corrected chi connectivity index (χ4v) is 2.70. The van der Waals surface area contributed by atoms with Gasteiger partial charge in [0, 0.05) is 25.2 Å². The third-order valence-corrected chi connectivity index (χ3v) is 3.87. The number of nitrogens with zero attached hydrogens (tertiary/aromatic N) is 2. The molecule has 1 aromatic rings. The highest BCUT2D eigenvalue weighted by Crippen LogP contribution is 2.25. The first-order chi connectivity index (χ1) is 10.1. The van der Waals surface area contributed by atoms with Gasteiger partial charge in [0.25, 0.3) is 5.69 Å². The van der Waals surface area contributed by atoms with Crippen LogP contribution in [-0.2, 0) is 0 Å². The van der Waals surface area contributed by atoms with Crippen LogP contribution in [-0.4, -0.2) is 30.6 Å². The van der Waals surface area contributed by atoms with E-state index in [1.807, 2.05) is 4.90 Å². The van der Waals surface area contributed by atoms with E-state index in [9.17, 15) is 14.5 Å². The van der Waals surface area contributed by atoms with Crippen LogP contribution in [0.25, 0.3) is 0 Å². The standard InChI is InChI=1S/C15H22FN3O2/c1-2-3-9-18(11-12-5-4-8-17-12)15-7-6-13(19(20)21)10-14(15)16/h6-7,10,12,17H,2-5,8-9,11H2,1H3. The number of halogens is 1. The Bertz CT molecular complexity index is 490. The molecule has 0 radical (unpaired) electrons. The molecule has 1 aromatic carbocycles. The normalized spacial score (nSPS) is 17.9. The van der Waals surface area contributed by atoms with Crippen molar-refractivity contribution in [2.45, 2.75) is 38.6 Å². The molecule has 1 N–H and O–H groups in total. The topological polar surface area (TPSA) is 58.4 Å². The molecule has 0 spiro atoms. The Morgan fingerprint density at radius 3 is 2.90 bits per heavy atom. The van der Waals surface area contributed by atoms with E-state index in [0.717, 1.165) is 51.4 Å². The minimum absolute atomic E-state index is 0.203. The molecular weight excluding hydrogens is 273 g/mol. The first-order valence-corrected chi connectivity index (χ1v) is 7.54. The van der Waals surface area contributed by atoms with Gasteiger partial charge in [0.2, 0.25) is 0 Å². The summed E-state index contributed by atoms with van der Waals surface area (Å²) in [6, 6.07) is 4.28. The Morgan fingerprint density at radius 1 is 1.52 bits per heavy atom. The van der Waals surface area contributed by atoms with Crippen molar-refractivity contribution in [3.05, 3.63) is 34.1 Å². The van der Waals surface area contributed by atoms with E-state index in [2.05, 4.69) is 12.2 Å². The van der Waals surface area contributed by atoms with Crippen LogP contribution >= 0.6 is 0 Å². The van der Waals surface area contributed by atoms with E-state index in [4.69, 9.17) is 0 Å². The number of hydrogen-bond acceptors (Lipinski definition) is 4. The van der Waals surface area contributed by atoms with Crippen molar-refractivity contribution in [3.8, 4) is 0 Å². The summed E-state index contributed by atoms with van der Waals surface area (Å²) in [7, 11) is 0. The molecule has 0 bridgehead atoms. The second-order valence-corrected chi connectivity index (χ2v) is 5.49. The number of benzene rings is 1. The van der Waals surface area contributed by atoms with Crippen LogP contribution < -0.4 is 10.2 Å². The zero-order chi connectivity index (χ0) is 15.2. The predicted octanol–water partition coefficient (Wildman–Crippen LogP) is 3.09. The molecule has 1 aliphatic heterocycles. The van der Waals surface area contributed by atoms with E-state index in [1.165, 1.54) is 12.1 Å². The van der Waals surface area contributed by atoms with Crippen LogP contribution in [0.15, 0.2) is 18.2 Å². The van der Waals surface area contributed by atoms with Gasteiger partial charge in [-0.1, -0.05) is 13.3 Å². The van der Waals surface area contributed by atoms with Gasteiger partial charge in [0.05, 0.1) is 16.7 Å². The first kappa shape index (κ1) is 15.7. The zero-order valence-corrected chi connectivity index (χ0v) is 12.3. The van der Waals surface area contributed by atoms with E-state index >= 15 is 0 Å². The van der Waals surface area contributed by atoms with Gasteiger partial charge in [-0.3, -0.25) is 10.1 Å². The van der Waals surface area contributed by atoms with Gasteiger partial charge in [0.1, 0.15) is 0 Å². The molecule has 6 heteroatoms. The highest BCUT2D eigenvalue weighted by Gasteiger charge is 2.21. The highest BCUT2D eigenvalue weighted by molar-refractivity contribution is 5.52. The number of nitro groups is 1. The molecule has 21 heavy (non-hydrogen) atoms. The summed E-state index contributed by atoms with van der Waals surface area (Å²) in [5, 5.41) is 14.1. The minimum atomic E-state index is -0.568. The van der Waals surface area contributed by atoms with Crippen LogP contribution in [0.4, 0.5) is 15.8 Å². The molecule has 116 valence electrons. The van der Waals surface area contributed by atoms with Gasteiger partial charge < -0.3 is 10.2 Å². The third kappa shape index (κ3) is 4.14. The number of nitro benzene ring substituents is 1. The summed E-state index contributed by atoms with van der Waals surface area (Å²) < 4.78 is 14.2. The lowest BCUT2D eigenvalue weighted by molar-refractivity contribution is -0.385. The second-order valence-electron chi connectivity index (χ2n) is 5.49. The third-order valence-electron chi connectivity index (χ3n) is 3.87. The predicted molar refractivity (Wildman–Crippen MR) is 81.2 cm³/mol. The number of anilines is 1. The lowest BCUT2D eigenvalue weighted by atomic mass is 10.1. The average Bonchev–Trinajstić information content (AvgIpc) is 2.96. The maximum absolute atomic E-state index is 14.2. The molecule has 2 rings (SSSR count). The Morgan fingerprint density at radius 2 is 2.33 bits per heavy atom. The minimum Gasteiger partial charge on any atom is -0.368 e. The Hall–Kier alpha value is -1.69. The van der Waals surface area contributed by atoms with Crippen molar-refractivity contribution in [1.29, 1.82) is 0 Å². The number of nitrogens with one attached hydrogen (secondary N) is 1. The molecule has 1 heterocycles. The van der Waals surface area contributed by atoms with Crippen LogP contribution in [0.1, 0.15) is 32.6 Å². The van der Waals surface area contributed by atoms with Gasteiger partial charge in [-0.15, -0.1) is 0 Å². The van der Waals surface area contributed by atoms with Crippen molar-refractivity contribution in [1.82, 2.24) is 5.32 Å². The number of hydrogen-bond donors (Lipinski definition) is 1. The fraction of sp³-hybridized carbons (Fsp3) is 0.600. The molecule has 0 amide bonds. The van der Waals surface area contributed by atoms with E-state index in [1.54, 1.807) is 0 Å². The molecule has 1 fully saturated rings. The van der Waals surface area contributed by atoms with Gasteiger partial charge in [-0.2, -0.15) is 0 Å². The summed E-state index contributed by atoms with van der Waals surface area (Å²) in [6.07, 6.45) is 4.25. The fourth-order valence-electron chi connectivity index (χ4n) is 2.70. The summed E-state index contributed by atoms with van der Waals surface area (Å²) in [4.78, 5) is 12.1. The van der Waals surface area contributed by atoms with Crippen LogP contribution in [0.5, 0.6) is 0 Å². The Kier molecular flexibility index (Phi) is 5.50. The van der Waals surface area contributed by atoms with Crippen molar-refractivity contribution in [2.24, 2.45) is 0 Å². The first-order valence-electron chi connectivity index (χ1n) is 7.54. The Balaban J connectivity index is 2.16. The Labute approximate surface area is 124 Å². The summed E-state index contributed by atoms with van der Waals surface area (Å²) in [6.45, 7) is 4.62. The van der Waals surface area contributed by atoms with Crippen molar-refractivity contribution >= 4 is 11.4 Å². The zero-order valence-electron chi connectivity index (χ0n) is 12.3. The number of rotatable bonds is 7.